The average molecular weight is 365 g/mol. The molecule has 142 valence electrons. The van der Waals surface area contributed by atoms with Crippen LogP contribution in [0.25, 0.3) is 10.9 Å². The van der Waals surface area contributed by atoms with Crippen molar-refractivity contribution in [2.24, 2.45) is 5.92 Å². The molecule has 3 heterocycles. The molecule has 0 spiro atoms. The van der Waals surface area contributed by atoms with Gasteiger partial charge in [-0.15, -0.1) is 0 Å². The first-order valence-electron chi connectivity index (χ1n) is 9.74. The Morgan fingerprint density at radius 2 is 2.11 bits per heavy atom. The van der Waals surface area contributed by atoms with Gasteiger partial charge in [0.1, 0.15) is 5.76 Å². The van der Waals surface area contributed by atoms with Crippen LogP contribution in [0.5, 0.6) is 0 Å². The van der Waals surface area contributed by atoms with E-state index in [0.29, 0.717) is 0 Å². The molecule has 1 aromatic carbocycles. The normalized spacial score (nSPS) is 18.0. The van der Waals surface area contributed by atoms with Gasteiger partial charge in [0.05, 0.1) is 18.7 Å². The Morgan fingerprint density at radius 3 is 2.96 bits per heavy atom. The number of benzene rings is 1. The van der Waals surface area contributed by atoms with Crippen molar-refractivity contribution in [2.75, 3.05) is 26.7 Å². The molecule has 0 radical (unpaired) electrons. The first kappa shape index (κ1) is 17.9. The summed E-state index contributed by atoms with van der Waals surface area (Å²) < 4.78 is 7.68. The summed E-state index contributed by atoms with van der Waals surface area (Å²) in [5.41, 5.74) is 1.22. The number of hydrogen-bond donors (Lipinski definition) is 0. The fourth-order valence-electron chi connectivity index (χ4n) is 4.04. The Kier molecular flexibility index (Phi) is 5.30. The van der Waals surface area contributed by atoms with Gasteiger partial charge in [0, 0.05) is 38.4 Å². The van der Waals surface area contributed by atoms with Crippen LogP contribution in [0.1, 0.15) is 18.6 Å². The summed E-state index contributed by atoms with van der Waals surface area (Å²) in [5, 5.41) is 1.24. The molecular formula is C22H27N3O2. The van der Waals surface area contributed by atoms with E-state index in [1.165, 1.54) is 10.9 Å². The summed E-state index contributed by atoms with van der Waals surface area (Å²) in [4.78, 5) is 17.2. The number of nitrogens with zero attached hydrogens (tertiary/aromatic N) is 3. The first-order chi connectivity index (χ1) is 13.2. The van der Waals surface area contributed by atoms with Crippen LogP contribution in [-0.4, -0.2) is 47.0 Å². The number of likely N-dealkylation sites (N-methyl/N-ethyl adjacent to an activating group) is 1. The molecule has 5 heteroatoms. The Labute approximate surface area is 160 Å². The Balaban J connectivity index is 1.32. The zero-order valence-corrected chi connectivity index (χ0v) is 15.9. The molecule has 1 aliphatic rings. The first-order valence-corrected chi connectivity index (χ1v) is 9.74. The van der Waals surface area contributed by atoms with Crippen LogP contribution < -0.4 is 0 Å². The van der Waals surface area contributed by atoms with Crippen molar-refractivity contribution in [3.8, 4) is 0 Å². The SMILES string of the molecule is CN(CCn1ccc2ccccc21)C(=O)C1CCCN(Cc2ccco2)C1. The molecule has 0 bridgehead atoms. The third kappa shape index (κ3) is 4.08. The minimum atomic E-state index is 0.0834. The van der Waals surface area contributed by atoms with E-state index in [1.54, 1.807) is 6.26 Å². The molecule has 27 heavy (non-hydrogen) atoms. The molecular weight excluding hydrogens is 338 g/mol. The van der Waals surface area contributed by atoms with E-state index >= 15 is 0 Å². The topological polar surface area (TPSA) is 41.6 Å². The second-order valence-corrected chi connectivity index (χ2v) is 7.48. The number of likely N-dealkylation sites (tertiary alicyclic amines) is 1. The van der Waals surface area contributed by atoms with Gasteiger partial charge in [-0.2, -0.15) is 0 Å². The maximum atomic E-state index is 12.9. The fraction of sp³-hybridized carbons (Fsp3) is 0.409. The molecule has 4 rings (SSSR count). The quantitative estimate of drug-likeness (QED) is 0.670. The molecule has 1 aliphatic heterocycles. The number of fused-ring (bicyclic) bond motifs is 1. The van der Waals surface area contributed by atoms with Gasteiger partial charge in [-0.1, -0.05) is 18.2 Å². The number of para-hydroxylation sites is 1. The molecule has 1 fully saturated rings. The zero-order valence-electron chi connectivity index (χ0n) is 15.9. The molecule has 0 aliphatic carbocycles. The van der Waals surface area contributed by atoms with Crippen LogP contribution in [0, 0.1) is 5.92 Å². The molecule has 1 unspecified atom stereocenters. The maximum Gasteiger partial charge on any atom is 0.226 e. The molecule has 0 saturated carbocycles. The highest BCUT2D eigenvalue weighted by atomic mass is 16.3. The van der Waals surface area contributed by atoms with Gasteiger partial charge in [-0.3, -0.25) is 9.69 Å². The highest BCUT2D eigenvalue weighted by molar-refractivity contribution is 5.80. The second-order valence-electron chi connectivity index (χ2n) is 7.48. The minimum absolute atomic E-state index is 0.0834. The van der Waals surface area contributed by atoms with Crippen LogP contribution in [0.3, 0.4) is 0 Å². The zero-order chi connectivity index (χ0) is 18.6. The van der Waals surface area contributed by atoms with Gasteiger partial charge >= 0.3 is 0 Å². The minimum Gasteiger partial charge on any atom is -0.468 e. The van der Waals surface area contributed by atoms with Crippen molar-refractivity contribution in [3.05, 3.63) is 60.7 Å². The summed E-state index contributed by atoms with van der Waals surface area (Å²) in [6.45, 7) is 4.18. The average Bonchev–Trinajstić information content (AvgIpc) is 3.35. The fourth-order valence-corrected chi connectivity index (χ4v) is 4.04. The van der Waals surface area contributed by atoms with Crippen molar-refractivity contribution in [1.29, 1.82) is 0 Å². The van der Waals surface area contributed by atoms with E-state index in [-0.39, 0.29) is 11.8 Å². The summed E-state index contributed by atoms with van der Waals surface area (Å²) in [6, 6.07) is 14.4. The van der Waals surface area contributed by atoms with Crippen molar-refractivity contribution in [1.82, 2.24) is 14.4 Å². The highest BCUT2D eigenvalue weighted by Gasteiger charge is 2.28. The molecule has 3 aromatic rings. The van der Waals surface area contributed by atoms with Crippen molar-refractivity contribution in [3.63, 3.8) is 0 Å². The Hall–Kier alpha value is -2.53. The van der Waals surface area contributed by atoms with Gasteiger partial charge in [0.25, 0.3) is 0 Å². The van der Waals surface area contributed by atoms with Gasteiger partial charge in [-0.25, -0.2) is 0 Å². The second kappa shape index (κ2) is 8.01. The number of carbonyl (C=O) groups is 1. The third-order valence-electron chi connectivity index (χ3n) is 5.55. The van der Waals surface area contributed by atoms with Gasteiger partial charge in [-0.05, 0) is 49.0 Å². The van der Waals surface area contributed by atoms with Gasteiger partial charge in [0.2, 0.25) is 5.91 Å². The lowest BCUT2D eigenvalue weighted by molar-refractivity contribution is -0.136. The number of amides is 1. The number of furan rings is 1. The van der Waals surface area contributed by atoms with Crippen LogP contribution in [0.15, 0.2) is 59.3 Å². The van der Waals surface area contributed by atoms with Crippen molar-refractivity contribution >= 4 is 16.8 Å². The summed E-state index contributed by atoms with van der Waals surface area (Å²) in [7, 11) is 1.93. The van der Waals surface area contributed by atoms with E-state index in [9.17, 15) is 4.79 Å². The molecule has 1 saturated heterocycles. The molecule has 0 N–H and O–H groups in total. The lowest BCUT2D eigenvalue weighted by atomic mass is 9.96. The van der Waals surface area contributed by atoms with Crippen LogP contribution >= 0.6 is 0 Å². The standard InChI is InChI=1S/C22H27N3O2/c1-23(13-14-25-12-10-18-6-2-3-9-21(18)25)22(26)19-7-4-11-24(16-19)17-20-8-5-15-27-20/h2-3,5-6,8-10,12,15,19H,4,7,11,13-14,16-17H2,1H3. The predicted molar refractivity (Wildman–Crippen MR) is 106 cm³/mol. The maximum absolute atomic E-state index is 12.9. The van der Waals surface area contributed by atoms with Gasteiger partial charge in [0.15, 0.2) is 0 Å². The molecule has 1 amide bonds. The highest BCUT2D eigenvalue weighted by Crippen LogP contribution is 2.21. The molecule has 1 atom stereocenters. The van der Waals surface area contributed by atoms with E-state index in [1.807, 2.05) is 24.1 Å². The monoisotopic (exact) mass is 365 g/mol. The van der Waals surface area contributed by atoms with Gasteiger partial charge < -0.3 is 13.9 Å². The van der Waals surface area contributed by atoms with Crippen LogP contribution in [0.4, 0.5) is 0 Å². The largest absolute Gasteiger partial charge is 0.468 e. The van der Waals surface area contributed by atoms with E-state index in [0.717, 1.165) is 51.3 Å². The lowest BCUT2D eigenvalue weighted by Crippen LogP contribution is -2.44. The third-order valence-corrected chi connectivity index (χ3v) is 5.55. The number of rotatable bonds is 6. The van der Waals surface area contributed by atoms with E-state index in [4.69, 9.17) is 4.42 Å². The smallest absolute Gasteiger partial charge is 0.226 e. The number of piperidine rings is 1. The predicted octanol–water partition coefficient (Wildman–Crippen LogP) is 3.60. The van der Waals surface area contributed by atoms with Crippen LogP contribution in [0.2, 0.25) is 0 Å². The molecule has 5 nitrogen and oxygen atoms in total. The Morgan fingerprint density at radius 1 is 1.22 bits per heavy atom. The lowest BCUT2D eigenvalue weighted by Gasteiger charge is -2.33. The Bertz CT molecular complexity index is 884. The van der Waals surface area contributed by atoms with Crippen molar-refractivity contribution in [2.45, 2.75) is 25.9 Å². The van der Waals surface area contributed by atoms with Crippen LogP contribution in [-0.2, 0) is 17.9 Å². The summed E-state index contributed by atoms with van der Waals surface area (Å²) >= 11 is 0. The number of aromatic nitrogens is 1. The van der Waals surface area contributed by atoms with E-state index in [2.05, 4.69) is 46.0 Å². The van der Waals surface area contributed by atoms with E-state index < -0.39 is 0 Å². The van der Waals surface area contributed by atoms with Crippen molar-refractivity contribution < 1.29 is 9.21 Å². The number of carbonyl (C=O) groups excluding carboxylic acids is 1. The summed E-state index contributed by atoms with van der Waals surface area (Å²) in [5.74, 6) is 1.31. The summed E-state index contributed by atoms with van der Waals surface area (Å²) in [6.07, 6.45) is 5.85. The molecule has 2 aromatic heterocycles. The number of hydrogen-bond acceptors (Lipinski definition) is 3.